The molecule has 0 aliphatic heterocycles. The number of nitro benzene ring substituents is 1. The summed E-state index contributed by atoms with van der Waals surface area (Å²) >= 11 is 0. The van der Waals surface area contributed by atoms with Crippen LogP contribution in [0, 0.1) is 10.1 Å². The normalized spacial score (nSPS) is 11.8. The fraction of sp³-hybridized carbons (Fsp3) is 0.125. The molecule has 0 aliphatic carbocycles. The monoisotopic (exact) mass is 444 g/mol. The van der Waals surface area contributed by atoms with Gasteiger partial charge in [0, 0.05) is 17.8 Å². The molecule has 166 valence electrons. The molecule has 0 fully saturated rings. The molecule has 33 heavy (non-hydrogen) atoms. The summed E-state index contributed by atoms with van der Waals surface area (Å²) in [5.41, 5.74) is 3.15. The Kier molecular flexibility index (Phi) is 6.12. The molecule has 1 amide bonds. The predicted molar refractivity (Wildman–Crippen MR) is 122 cm³/mol. The van der Waals surface area contributed by atoms with Crippen LogP contribution in [0.4, 0.5) is 11.4 Å². The van der Waals surface area contributed by atoms with Crippen molar-refractivity contribution in [3.05, 3.63) is 100 Å². The van der Waals surface area contributed by atoms with E-state index >= 15 is 0 Å². The third-order valence-electron chi connectivity index (χ3n) is 5.23. The molecule has 9 nitrogen and oxygen atoms in total. The van der Waals surface area contributed by atoms with Gasteiger partial charge in [0.25, 0.3) is 5.69 Å². The first-order valence-electron chi connectivity index (χ1n) is 10.2. The molecule has 1 aromatic heterocycles. The number of aromatic nitrogens is 2. The number of rotatable bonds is 8. The number of carboxylic acid groups (broad SMARTS) is 1. The van der Waals surface area contributed by atoms with E-state index in [0.717, 1.165) is 5.56 Å². The van der Waals surface area contributed by atoms with Crippen molar-refractivity contribution in [2.45, 2.75) is 18.9 Å². The van der Waals surface area contributed by atoms with Crippen molar-refractivity contribution in [2.24, 2.45) is 0 Å². The van der Waals surface area contributed by atoms with Gasteiger partial charge in [-0.2, -0.15) is 0 Å². The standard InChI is InChI=1S/C24H20N4O5/c29-23(12-16-5-4-8-19(11-16)28(32)33)26-18-9-10-20-22(13-18)27(15-25-20)21(14-24(30)31)17-6-2-1-3-7-17/h1-11,13,15,21H,12,14H2,(H,26,29)(H,30,31). The van der Waals surface area contributed by atoms with Crippen LogP contribution in [0.25, 0.3) is 11.0 Å². The predicted octanol–water partition coefficient (Wildman–Crippen LogP) is 4.19. The lowest BCUT2D eigenvalue weighted by molar-refractivity contribution is -0.384. The average molecular weight is 444 g/mol. The van der Waals surface area contributed by atoms with E-state index in [1.807, 2.05) is 30.3 Å². The molecule has 0 saturated carbocycles. The zero-order chi connectivity index (χ0) is 23.4. The van der Waals surface area contributed by atoms with E-state index in [2.05, 4.69) is 10.3 Å². The second-order valence-corrected chi connectivity index (χ2v) is 7.53. The van der Waals surface area contributed by atoms with Crippen molar-refractivity contribution >= 4 is 34.3 Å². The maximum Gasteiger partial charge on any atom is 0.305 e. The molecule has 0 aliphatic rings. The van der Waals surface area contributed by atoms with Gasteiger partial charge in [0.15, 0.2) is 0 Å². The highest BCUT2D eigenvalue weighted by Crippen LogP contribution is 2.28. The zero-order valence-corrected chi connectivity index (χ0v) is 17.4. The number of non-ortho nitro benzene ring substituents is 1. The Balaban J connectivity index is 1.60. The van der Waals surface area contributed by atoms with Crippen molar-refractivity contribution < 1.29 is 19.6 Å². The quantitative estimate of drug-likeness (QED) is 0.310. The molecule has 9 heteroatoms. The van der Waals surface area contributed by atoms with Crippen LogP contribution >= 0.6 is 0 Å². The van der Waals surface area contributed by atoms with Crippen LogP contribution < -0.4 is 5.32 Å². The van der Waals surface area contributed by atoms with Gasteiger partial charge in [-0.05, 0) is 29.3 Å². The van der Waals surface area contributed by atoms with Gasteiger partial charge in [0.2, 0.25) is 5.91 Å². The van der Waals surface area contributed by atoms with E-state index in [-0.39, 0.29) is 24.4 Å². The van der Waals surface area contributed by atoms with Crippen LogP contribution in [0.15, 0.2) is 79.1 Å². The van der Waals surface area contributed by atoms with Crippen molar-refractivity contribution in [1.29, 1.82) is 0 Å². The SMILES string of the molecule is O=C(O)CC(c1ccccc1)n1cnc2ccc(NC(=O)Cc3cccc([N+](=O)[O-])c3)cc21. The minimum atomic E-state index is -0.938. The van der Waals surface area contributed by atoms with Gasteiger partial charge >= 0.3 is 5.97 Å². The minimum Gasteiger partial charge on any atom is -0.481 e. The minimum absolute atomic E-state index is 0.0232. The molecule has 0 spiro atoms. The Morgan fingerprint density at radius 3 is 2.58 bits per heavy atom. The largest absolute Gasteiger partial charge is 0.481 e. The molecule has 0 bridgehead atoms. The van der Waals surface area contributed by atoms with E-state index in [4.69, 9.17) is 0 Å². The lowest BCUT2D eigenvalue weighted by Gasteiger charge is -2.18. The summed E-state index contributed by atoms with van der Waals surface area (Å²) in [4.78, 5) is 38.9. The molecule has 4 aromatic rings. The third-order valence-corrected chi connectivity index (χ3v) is 5.23. The molecule has 1 atom stereocenters. The van der Waals surface area contributed by atoms with Gasteiger partial charge in [-0.3, -0.25) is 19.7 Å². The number of anilines is 1. The highest BCUT2D eigenvalue weighted by Gasteiger charge is 2.20. The fourth-order valence-electron chi connectivity index (χ4n) is 3.74. The number of fused-ring (bicyclic) bond motifs is 1. The fourth-order valence-corrected chi connectivity index (χ4v) is 3.74. The van der Waals surface area contributed by atoms with Crippen LogP contribution in [-0.4, -0.2) is 31.5 Å². The number of carbonyl (C=O) groups is 2. The summed E-state index contributed by atoms with van der Waals surface area (Å²) in [6, 6.07) is 20.0. The third kappa shape index (κ3) is 5.04. The number of nitrogens with zero attached hydrogens (tertiary/aromatic N) is 3. The van der Waals surface area contributed by atoms with Gasteiger partial charge < -0.3 is 15.0 Å². The second kappa shape index (κ2) is 9.31. The summed E-state index contributed by atoms with van der Waals surface area (Å²) in [5, 5.41) is 23.2. The first-order chi connectivity index (χ1) is 15.9. The van der Waals surface area contributed by atoms with Crippen LogP contribution in [-0.2, 0) is 16.0 Å². The second-order valence-electron chi connectivity index (χ2n) is 7.53. The van der Waals surface area contributed by atoms with Gasteiger partial charge in [-0.25, -0.2) is 4.98 Å². The van der Waals surface area contributed by atoms with Gasteiger partial charge in [0.1, 0.15) is 0 Å². The van der Waals surface area contributed by atoms with Crippen LogP contribution in [0.3, 0.4) is 0 Å². The maximum atomic E-state index is 12.5. The van der Waals surface area contributed by atoms with E-state index in [0.29, 0.717) is 22.3 Å². The number of amides is 1. The van der Waals surface area contributed by atoms with Crippen molar-refractivity contribution in [2.75, 3.05) is 5.32 Å². The topological polar surface area (TPSA) is 127 Å². The van der Waals surface area contributed by atoms with Gasteiger partial charge in [-0.15, -0.1) is 0 Å². The average Bonchev–Trinajstić information content (AvgIpc) is 3.21. The Morgan fingerprint density at radius 2 is 1.85 bits per heavy atom. The number of carboxylic acids is 1. The molecular weight excluding hydrogens is 424 g/mol. The molecule has 3 aromatic carbocycles. The molecular formula is C24H20N4O5. The lowest BCUT2D eigenvalue weighted by Crippen LogP contribution is -2.15. The number of carbonyl (C=O) groups excluding carboxylic acids is 1. The van der Waals surface area contributed by atoms with Gasteiger partial charge in [0.05, 0.1) is 41.2 Å². The number of aliphatic carboxylic acids is 1. The van der Waals surface area contributed by atoms with Crippen molar-refractivity contribution in [1.82, 2.24) is 9.55 Å². The Morgan fingerprint density at radius 1 is 1.06 bits per heavy atom. The molecule has 1 unspecified atom stereocenters. The van der Waals surface area contributed by atoms with Crippen molar-refractivity contribution in [3.63, 3.8) is 0 Å². The van der Waals surface area contributed by atoms with Crippen LogP contribution in [0.5, 0.6) is 0 Å². The number of hydrogen-bond donors (Lipinski definition) is 2. The molecule has 0 radical (unpaired) electrons. The van der Waals surface area contributed by atoms with Crippen LogP contribution in [0.2, 0.25) is 0 Å². The van der Waals surface area contributed by atoms with E-state index < -0.39 is 16.9 Å². The number of nitrogens with one attached hydrogen (secondary N) is 1. The number of hydrogen-bond acceptors (Lipinski definition) is 5. The Bertz CT molecular complexity index is 1330. The lowest BCUT2D eigenvalue weighted by atomic mass is 10.0. The first-order valence-corrected chi connectivity index (χ1v) is 10.2. The summed E-state index contributed by atoms with van der Waals surface area (Å²) in [7, 11) is 0. The molecule has 4 rings (SSSR count). The summed E-state index contributed by atoms with van der Waals surface area (Å²) in [6.45, 7) is 0. The summed E-state index contributed by atoms with van der Waals surface area (Å²) in [5.74, 6) is -1.27. The van der Waals surface area contributed by atoms with E-state index in [9.17, 15) is 24.8 Å². The number of nitro groups is 1. The molecule has 2 N–H and O–H groups in total. The number of imidazole rings is 1. The molecule has 1 heterocycles. The Labute approximate surface area is 188 Å². The number of benzene rings is 3. The maximum absolute atomic E-state index is 12.5. The van der Waals surface area contributed by atoms with Crippen molar-refractivity contribution in [3.8, 4) is 0 Å². The van der Waals surface area contributed by atoms with E-state index in [1.165, 1.54) is 18.2 Å². The van der Waals surface area contributed by atoms with E-state index in [1.54, 1.807) is 35.2 Å². The first kappa shape index (κ1) is 21.7. The summed E-state index contributed by atoms with van der Waals surface area (Å²) < 4.78 is 1.79. The zero-order valence-electron chi connectivity index (χ0n) is 17.4. The summed E-state index contributed by atoms with van der Waals surface area (Å²) in [6.07, 6.45) is 1.45. The van der Waals surface area contributed by atoms with Gasteiger partial charge in [-0.1, -0.05) is 42.5 Å². The Hall–Kier alpha value is -4.53. The highest BCUT2D eigenvalue weighted by molar-refractivity contribution is 5.94. The smallest absolute Gasteiger partial charge is 0.305 e. The highest BCUT2D eigenvalue weighted by atomic mass is 16.6. The molecule has 0 saturated heterocycles. The van der Waals surface area contributed by atoms with Crippen LogP contribution in [0.1, 0.15) is 23.6 Å².